The summed E-state index contributed by atoms with van der Waals surface area (Å²) in [5.74, 6) is 1.91. The van der Waals surface area contributed by atoms with Gasteiger partial charge in [-0.3, -0.25) is 0 Å². The van der Waals surface area contributed by atoms with E-state index in [0.29, 0.717) is 11.7 Å². The minimum absolute atomic E-state index is 0.479. The largest absolute Gasteiger partial charge is 0.382 e. The van der Waals surface area contributed by atoms with Crippen LogP contribution in [0.4, 0.5) is 0 Å². The minimum Gasteiger partial charge on any atom is -0.382 e. The standard InChI is InChI=1S/C8H14N3/c1-3-6(4-2)8-10-5-7(9)11-8/h5-6H,3-4,9H2,1-2H3. The Morgan fingerprint density at radius 1 is 1.45 bits per heavy atom. The summed E-state index contributed by atoms with van der Waals surface area (Å²) in [6.45, 7) is 4.28. The highest BCUT2D eigenvalue weighted by Gasteiger charge is 2.15. The summed E-state index contributed by atoms with van der Waals surface area (Å²) in [7, 11) is 0. The summed E-state index contributed by atoms with van der Waals surface area (Å²) in [6.07, 6.45) is 3.79. The summed E-state index contributed by atoms with van der Waals surface area (Å²) in [4.78, 5) is 4.12. The molecule has 0 aliphatic carbocycles. The van der Waals surface area contributed by atoms with Crippen molar-refractivity contribution in [2.45, 2.75) is 26.7 Å². The Labute approximate surface area is 67.4 Å². The zero-order valence-corrected chi connectivity index (χ0v) is 7.04. The first kappa shape index (κ1) is 8.11. The Kier molecular flexibility index (Phi) is 2.52. The van der Waals surface area contributed by atoms with Crippen LogP contribution in [0.25, 0.3) is 0 Å². The number of aliphatic imine (C=N–C) groups is 1. The van der Waals surface area contributed by atoms with Crippen molar-refractivity contribution < 1.29 is 0 Å². The molecule has 0 bridgehead atoms. The quantitative estimate of drug-likeness (QED) is 0.649. The SMILES string of the molecule is CCC(CC)C1=NC(N)=C[N]1. The summed E-state index contributed by atoms with van der Waals surface area (Å²) in [5.41, 5.74) is 5.45. The van der Waals surface area contributed by atoms with Gasteiger partial charge in [-0.25, -0.2) is 10.3 Å². The van der Waals surface area contributed by atoms with Gasteiger partial charge in [0.15, 0.2) is 0 Å². The highest BCUT2D eigenvalue weighted by atomic mass is 15.1. The number of rotatable bonds is 3. The van der Waals surface area contributed by atoms with Crippen LogP contribution in [0.3, 0.4) is 0 Å². The van der Waals surface area contributed by atoms with Crippen molar-refractivity contribution in [1.82, 2.24) is 5.32 Å². The first-order valence-electron chi connectivity index (χ1n) is 4.03. The Bertz CT molecular complexity index is 190. The average Bonchev–Trinajstić information content (AvgIpc) is 2.39. The van der Waals surface area contributed by atoms with Crippen LogP contribution in [-0.4, -0.2) is 5.84 Å². The molecular formula is C8H14N3. The molecule has 1 aliphatic heterocycles. The fourth-order valence-electron chi connectivity index (χ4n) is 1.17. The molecule has 0 atom stereocenters. The number of nitrogens with two attached hydrogens (primary N) is 1. The molecule has 0 saturated heterocycles. The minimum atomic E-state index is 0.479. The van der Waals surface area contributed by atoms with Crippen LogP contribution in [-0.2, 0) is 0 Å². The molecule has 1 aliphatic rings. The molecular weight excluding hydrogens is 138 g/mol. The number of hydrogen-bond acceptors (Lipinski definition) is 2. The highest BCUT2D eigenvalue weighted by molar-refractivity contribution is 5.87. The first-order chi connectivity index (χ1) is 5.27. The van der Waals surface area contributed by atoms with Gasteiger partial charge in [0.05, 0.1) is 6.20 Å². The second kappa shape index (κ2) is 3.42. The highest BCUT2D eigenvalue weighted by Crippen LogP contribution is 2.13. The number of hydrogen-bond donors (Lipinski definition) is 1. The van der Waals surface area contributed by atoms with E-state index in [-0.39, 0.29) is 0 Å². The predicted octanol–water partition coefficient (Wildman–Crippen LogP) is 1.20. The van der Waals surface area contributed by atoms with Crippen molar-refractivity contribution in [1.29, 1.82) is 0 Å². The van der Waals surface area contributed by atoms with Crippen molar-refractivity contribution in [2.75, 3.05) is 0 Å². The molecule has 0 unspecified atom stereocenters. The molecule has 2 N–H and O–H groups in total. The zero-order chi connectivity index (χ0) is 8.27. The first-order valence-corrected chi connectivity index (χ1v) is 4.03. The number of amidine groups is 1. The lowest BCUT2D eigenvalue weighted by atomic mass is 10.0. The van der Waals surface area contributed by atoms with E-state index >= 15 is 0 Å². The van der Waals surface area contributed by atoms with Crippen molar-refractivity contribution in [3.8, 4) is 0 Å². The second-order valence-corrected chi connectivity index (χ2v) is 2.67. The summed E-state index contributed by atoms with van der Waals surface area (Å²) in [6, 6.07) is 0. The predicted molar refractivity (Wildman–Crippen MR) is 45.9 cm³/mol. The lowest BCUT2D eigenvalue weighted by molar-refractivity contribution is 0.630. The number of nitrogens with zero attached hydrogens (tertiary/aromatic N) is 2. The van der Waals surface area contributed by atoms with Crippen molar-refractivity contribution in [3.63, 3.8) is 0 Å². The van der Waals surface area contributed by atoms with E-state index in [1.165, 1.54) is 0 Å². The summed E-state index contributed by atoms with van der Waals surface area (Å²) in [5, 5.41) is 4.12. The van der Waals surface area contributed by atoms with Gasteiger partial charge in [0, 0.05) is 5.92 Å². The molecule has 1 heterocycles. The smallest absolute Gasteiger partial charge is 0.144 e. The maximum Gasteiger partial charge on any atom is 0.144 e. The monoisotopic (exact) mass is 152 g/mol. The molecule has 0 aromatic heterocycles. The molecule has 1 radical (unpaired) electrons. The molecule has 0 aromatic rings. The van der Waals surface area contributed by atoms with Crippen LogP contribution < -0.4 is 11.1 Å². The second-order valence-electron chi connectivity index (χ2n) is 2.67. The molecule has 11 heavy (non-hydrogen) atoms. The topological polar surface area (TPSA) is 52.5 Å². The van der Waals surface area contributed by atoms with Crippen LogP contribution >= 0.6 is 0 Å². The molecule has 3 nitrogen and oxygen atoms in total. The van der Waals surface area contributed by atoms with E-state index < -0.39 is 0 Å². The van der Waals surface area contributed by atoms with E-state index in [9.17, 15) is 0 Å². The third-order valence-electron chi connectivity index (χ3n) is 1.92. The van der Waals surface area contributed by atoms with Crippen LogP contribution in [0.5, 0.6) is 0 Å². The van der Waals surface area contributed by atoms with E-state index in [0.717, 1.165) is 18.7 Å². The Balaban J connectivity index is 2.56. The van der Waals surface area contributed by atoms with Gasteiger partial charge in [-0.1, -0.05) is 13.8 Å². The van der Waals surface area contributed by atoms with Gasteiger partial charge in [0.2, 0.25) is 0 Å². The Morgan fingerprint density at radius 3 is 2.45 bits per heavy atom. The van der Waals surface area contributed by atoms with Gasteiger partial charge >= 0.3 is 0 Å². The third-order valence-corrected chi connectivity index (χ3v) is 1.92. The summed E-state index contributed by atoms with van der Waals surface area (Å²) >= 11 is 0. The van der Waals surface area contributed by atoms with E-state index in [1.54, 1.807) is 6.20 Å². The Hall–Kier alpha value is -0.990. The lowest BCUT2D eigenvalue weighted by Gasteiger charge is -2.09. The van der Waals surface area contributed by atoms with E-state index in [2.05, 4.69) is 24.2 Å². The molecule has 3 heteroatoms. The van der Waals surface area contributed by atoms with Gasteiger partial charge in [-0.2, -0.15) is 0 Å². The van der Waals surface area contributed by atoms with E-state index in [1.807, 2.05) is 0 Å². The molecule has 0 fully saturated rings. The van der Waals surface area contributed by atoms with Crippen molar-refractivity contribution >= 4 is 5.84 Å². The zero-order valence-electron chi connectivity index (χ0n) is 7.04. The van der Waals surface area contributed by atoms with Gasteiger partial charge < -0.3 is 5.73 Å². The Morgan fingerprint density at radius 2 is 2.09 bits per heavy atom. The normalized spacial score (nSPS) is 16.3. The van der Waals surface area contributed by atoms with Crippen molar-refractivity contribution in [2.24, 2.45) is 16.6 Å². The molecule has 1 rings (SSSR count). The average molecular weight is 152 g/mol. The fourth-order valence-corrected chi connectivity index (χ4v) is 1.17. The third kappa shape index (κ3) is 1.73. The maximum atomic E-state index is 5.45. The molecule has 0 saturated carbocycles. The lowest BCUT2D eigenvalue weighted by Crippen LogP contribution is -2.18. The van der Waals surface area contributed by atoms with Gasteiger partial charge in [0.25, 0.3) is 0 Å². The van der Waals surface area contributed by atoms with Crippen LogP contribution in [0, 0.1) is 5.92 Å². The molecule has 0 spiro atoms. The molecule has 61 valence electrons. The van der Waals surface area contributed by atoms with E-state index in [4.69, 9.17) is 5.73 Å². The van der Waals surface area contributed by atoms with Crippen LogP contribution in [0.1, 0.15) is 26.7 Å². The van der Waals surface area contributed by atoms with Crippen LogP contribution in [0.2, 0.25) is 0 Å². The van der Waals surface area contributed by atoms with Gasteiger partial charge in [-0.05, 0) is 12.8 Å². The van der Waals surface area contributed by atoms with Gasteiger partial charge in [0.1, 0.15) is 11.7 Å². The fraction of sp³-hybridized carbons (Fsp3) is 0.625. The molecule has 0 amide bonds. The maximum absolute atomic E-state index is 5.45. The van der Waals surface area contributed by atoms with Crippen molar-refractivity contribution in [3.05, 3.63) is 12.0 Å². The van der Waals surface area contributed by atoms with Gasteiger partial charge in [-0.15, -0.1) is 0 Å². The summed E-state index contributed by atoms with van der Waals surface area (Å²) < 4.78 is 0. The molecule has 0 aromatic carbocycles. The van der Waals surface area contributed by atoms with Crippen LogP contribution in [0.15, 0.2) is 17.0 Å².